The average molecular weight is 346 g/mol. The van der Waals surface area contributed by atoms with Crippen LogP contribution in [0.5, 0.6) is 0 Å². The van der Waals surface area contributed by atoms with Crippen molar-refractivity contribution in [1.82, 2.24) is 19.3 Å². The van der Waals surface area contributed by atoms with E-state index in [1.54, 1.807) is 0 Å². The summed E-state index contributed by atoms with van der Waals surface area (Å²) in [6.07, 6.45) is 3.99. The average Bonchev–Trinajstić information content (AvgIpc) is 3.27. The number of aliphatic hydroxyl groups is 1. The molecule has 0 bridgehead atoms. The lowest BCUT2D eigenvalue weighted by atomic mass is 10.2. The maximum Gasteiger partial charge on any atom is 0.191 e. The van der Waals surface area contributed by atoms with E-state index in [4.69, 9.17) is 0 Å². The minimum absolute atomic E-state index is 0.0827. The first kappa shape index (κ1) is 17.0. The third kappa shape index (κ3) is 3.18. The van der Waals surface area contributed by atoms with Crippen molar-refractivity contribution >= 4 is 17.5 Å². The summed E-state index contributed by atoms with van der Waals surface area (Å²) in [6, 6.07) is 2.31. The van der Waals surface area contributed by atoms with Crippen LogP contribution >= 0.6 is 11.8 Å². The molecular weight excluding hydrogens is 324 g/mol. The fourth-order valence-corrected chi connectivity index (χ4v) is 3.82. The van der Waals surface area contributed by atoms with Gasteiger partial charge in [0, 0.05) is 29.5 Å². The van der Waals surface area contributed by atoms with E-state index in [9.17, 15) is 9.90 Å². The molecule has 1 fully saturated rings. The highest BCUT2D eigenvalue weighted by Gasteiger charge is 2.29. The summed E-state index contributed by atoms with van der Waals surface area (Å²) < 4.78 is 4.06. The number of allylic oxidation sites excluding steroid dienone is 1. The summed E-state index contributed by atoms with van der Waals surface area (Å²) in [5.74, 6) is 0.977. The highest BCUT2D eigenvalue weighted by molar-refractivity contribution is 7.99. The van der Waals surface area contributed by atoms with Crippen LogP contribution in [0.25, 0.3) is 0 Å². The molecule has 1 saturated carbocycles. The number of aromatic nitrogens is 4. The second-order valence-electron chi connectivity index (χ2n) is 6.05. The van der Waals surface area contributed by atoms with Crippen molar-refractivity contribution in [3.63, 3.8) is 0 Å². The van der Waals surface area contributed by atoms with Gasteiger partial charge >= 0.3 is 0 Å². The predicted octanol–water partition coefficient (Wildman–Crippen LogP) is 2.68. The summed E-state index contributed by atoms with van der Waals surface area (Å²) in [7, 11) is 0. The van der Waals surface area contributed by atoms with Crippen LogP contribution in [0.2, 0.25) is 0 Å². The van der Waals surface area contributed by atoms with Crippen molar-refractivity contribution in [3.05, 3.63) is 41.5 Å². The monoisotopic (exact) mass is 346 g/mol. The summed E-state index contributed by atoms with van der Waals surface area (Å²) in [5.41, 5.74) is 2.78. The standard InChI is InChI=1S/C17H22N4O2S/c1-4-7-20-11(2)8-14(12(20)3)15(23)10-24-17-19-18-16(9-22)21(17)13-5-6-13/h4,8,13,22H,1,5-7,9-10H2,2-3H3. The zero-order valence-electron chi connectivity index (χ0n) is 14.0. The van der Waals surface area contributed by atoms with E-state index >= 15 is 0 Å². The third-order valence-electron chi connectivity index (χ3n) is 4.31. The Morgan fingerprint density at radius 2 is 2.21 bits per heavy atom. The molecule has 0 aliphatic heterocycles. The van der Waals surface area contributed by atoms with Gasteiger partial charge < -0.3 is 14.2 Å². The number of Topliss-reactive ketones (excluding diaryl/α,β-unsaturated/α-hetero) is 1. The SMILES string of the molecule is C=CCn1c(C)cc(C(=O)CSc2nnc(CO)n2C2CC2)c1C. The molecule has 128 valence electrons. The van der Waals surface area contributed by atoms with E-state index in [-0.39, 0.29) is 12.4 Å². The Morgan fingerprint density at radius 3 is 2.83 bits per heavy atom. The predicted molar refractivity (Wildman–Crippen MR) is 93.4 cm³/mol. The Labute approximate surface area is 145 Å². The highest BCUT2D eigenvalue weighted by Crippen LogP contribution is 2.38. The fraction of sp³-hybridized carbons (Fsp3) is 0.471. The van der Waals surface area contributed by atoms with Crippen molar-refractivity contribution in [1.29, 1.82) is 0 Å². The van der Waals surface area contributed by atoms with Gasteiger partial charge in [0.05, 0.1) is 5.75 Å². The molecule has 0 amide bonds. The Balaban J connectivity index is 1.74. The normalized spacial score (nSPS) is 14.1. The molecule has 0 saturated heterocycles. The zero-order chi connectivity index (χ0) is 17.3. The summed E-state index contributed by atoms with van der Waals surface area (Å²) in [5, 5.41) is 18.2. The maximum atomic E-state index is 12.6. The molecule has 0 unspecified atom stereocenters. The van der Waals surface area contributed by atoms with Gasteiger partial charge in [-0.3, -0.25) is 4.79 Å². The minimum Gasteiger partial charge on any atom is -0.388 e. The molecule has 6 nitrogen and oxygen atoms in total. The summed E-state index contributed by atoms with van der Waals surface area (Å²) in [6.45, 7) is 8.30. The largest absolute Gasteiger partial charge is 0.388 e. The number of thioether (sulfide) groups is 1. The van der Waals surface area contributed by atoms with Crippen molar-refractivity contribution in [3.8, 4) is 0 Å². The van der Waals surface area contributed by atoms with Crippen molar-refractivity contribution in [2.24, 2.45) is 0 Å². The van der Waals surface area contributed by atoms with Crippen LogP contribution in [0.1, 0.15) is 46.5 Å². The number of carbonyl (C=O) groups excluding carboxylic acids is 1. The number of nitrogens with zero attached hydrogens (tertiary/aromatic N) is 4. The van der Waals surface area contributed by atoms with Gasteiger partial charge in [0.15, 0.2) is 16.8 Å². The molecule has 0 aromatic carbocycles. The number of carbonyl (C=O) groups is 1. The lowest BCUT2D eigenvalue weighted by Gasteiger charge is -2.07. The second-order valence-corrected chi connectivity index (χ2v) is 7.00. The van der Waals surface area contributed by atoms with Gasteiger partial charge in [-0.2, -0.15) is 0 Å². The number of rotatable bonds is 8. The Hall–Kier alpha value is -1.86. The van der Waals surface area contributed by atoms with Crippen LogP contribution < -0.4 is 0 Å². The van der Waals surface area contributed by atoms with E-state index in [2.05, 4.69) is 21.3 Å². The zero-order valence-corrected chi connectivity index (χ0v) is 14.8. The maximum absolute atomic E-state index is 12.6. The third-order valence-corrected chi connectivity index (χ3v) is 5.25. The van der Waals surface area contributed by atoms with Gasteiger partial charge in [0.25, 0.3) is 0 Å². The van der Waals surface area contributed by atoms with Crippen molar-refractivity contribution < 1.29 is 9.90 Å². The van der Waals surface area contributed by atoms with Crippen LogP contribution in [-0.2, 0) is 13.2 Å². The van der Waals surface area contributed by atoms with Gasteiger partial charge in [-0.05, 0) is 32.8 Å². The molecular formula is C17H22N4O2S. The summed E-state index contributed by atoms with van der Waals surface area (Å²) in [4.78, 5) is 12.6. The first-order valence-corrected chi connectivity index (χ1v) is 9.03. The van der Waals surface area contributed by atoms with Crippen LogP contribution in [0, 0.1) is 13.8 Å². The van der Waals surface area contributed by atoms with Crippen molar-refractivity contribution in [2.75, 3.05) is 5.75 Å². The van der Waals surface area contributed by atoms with Crippen LogP contribution in [0.3, 0.4) is 0 Å². The Morgan fingerprint density at radius 1 is 1.46 bits per heavy atom. The molecule has 1 N–H and O–H groups in total. The van der Waals surface area contributed by atoms with E-state index in [0.29, 0.717) is 24.2 Å². The minimum atomic E-state index is -0.124. The lowest BCUT2D eigenvalue weighted by Crippen LogP contribution is -2.08. The smallest absolute Gasteiger partial charge is 0.191 e. The molecule has 0 spiro atoms. The first-order valence-electron chi connectivity index (χ1n) is 8.05. The molecule has 1 aliphatic rings. The molecule has 0 radical (unpaired) electrons. The number of hydrogen-bond acceptors (Lipinski definition) is 5. The lowest BCUT2D eigenvalue weighted by molar-refractivity contribution is 0.102. The van der Waals surface area contributed by atoms with E-state index in [1.807, 2.05) is 30.6 Å². The van der Waals surface area contributed by atoms with E-state index in [1.165, 1.54) is 11.8 Å². The molecule has 2 aromatic rings. The van der Waals surface area contributed by atoms with Crippen LogP contribution in [0.15, 0.2) is 23.9 Å². The Kier molecular flexibility index (Phi) is 4.91. The van der Waals surface area contributed by atoms with Gasteiger partial charge in [-0.1, -0.05) is 17.8 Å². The number of aliphatic hydroxyl groups excluding tert-OH is 1. The van der Waals surface area contributed by atoms with Gasteiger partial charge in [-0.15, -0.1) is 16.8 Å². The summed E-state index contributed by atoms with van der Waals surface area (Å²) >= 11 is 1.39. The quantitative estimate of drug-likeness (QED) is 0.452. The first-order chi connectivity index (χ1) is 11.6. The topological polar surface area (TPSA) is 72.9 Å². The second kappa shape index (κ2) is 6.94. The molecule has 3 rings (SSSR count). The number of ketones is 1. The highest BCUT2D eigenvalue weighted by atomic mass is 32.2. The molecule has 2 aromatic heterocycles. The van der Waals surface area contributed by atoms with E-state index < -0.39 is 0 Å². The molecule has 0 atom stereocenters. The molecule has 7 heteroatoms. The Bertz CT molecular complexity index is 774. The van der Waals surface area contributed by atoms with Gasteiger partial charge in [0.2, 0.25) is 0 Å². The number of aryl methyl sites for hydroxylation is 1. The van der Waals surface area contributed by atoms with Crippen LogP contribution in [-0.4, -0.2) is 36.0 Å². The molecule has 24 heavy (non-hydrogen) atoms. The molecule has 2 heterocycles. The molecule has 1 aliphatic carbocycles. The van der Waals surface area contributed by atoms with Crippen molar-refractivity contribution in [2.45, 2.75) is 51.0 Å². The van der Waals surface area contributed by atoms with E-state index in [0.717, 1.165) is 34.9 Å². The fourth-order valence-electron chi connectivity index (χ4n) is 2.91. The number of hydrogen-bond donors (Lipinski definition) is 1. The van der Waals surface area contributed by atoms with Gasteiger partial charge in [0.1, 0.15) is 6.61 Å². The van der Waals surface area contributed by atoms with Crippen LogP contribution in [0.4, 0.5) is 0 Å². The van der Waals surface area contributed by atoms with Gasteiger partial charge in [-0.25, -0.2) is 0 Å².